The van der Waals surface area contributed by atoms with E-state index in [9.17, 15) is 28.7 Å². The van der Waals surface area contributed by atoms with Crippen LogP contribution in [0, 0.1) is 23.6 Å². The van der Waals surface area contributed by atoms with Crippen LogP contribution >= 0.6 is 34.8 Å². The van der Waals surface area contributed by atoms with E-state index in [-0.39, 0.29) is 53.4 Å². The summed E-state index contributed by atoms with van der Waals surface area (Å²) >= 11 is 20.9. The number of ether oxygens (including phenoxy) is 1. The SMILES string of the molecule is CCN1C(=O)C2CC=C3C(CC4(Cl)C(=O)N(c5ccc(F)cc5)C(=O)C4(Cl)C3c3cc(Cl)c(O)c(OC)c3)C2C1=O. The number of allylic oxidation sites excluding steroid dienone is 2. The first-order valence-corrected chi connectivity index (χ1v) is 14.2. The molecule has 4 amide bonds. The van der Waals surface area contributed by atoms with Gasteiger partial charge in [0, 0.05) is 12.5 Å². The molecule has 1 N–H and O–H groups in total. The highest BCUT2D eigenvalue weighted by atomic mass is 35.5. The molecule has 2 aromatic rings. The Balaban J connectivity index is 1.59. The van der Waals surface area contributed by atoms with Gasteiger partial charge in [-0.2, -0.15) is 0 Å². The zero-order valence-corrected chi connectivity index (χ0v) is 24.1. The van der Waals surface area contributed by atoms with Crippen molar-refractivity contribution in [2.75, 3.05) is 18.6 Å². The Bertz CT molecular complexity index is 1560. The number of alkyl halides is 2. The quantitative estimate of drug-likeness (QED) is 0.300. The molecule has 0 bridgehead atoms. The van der Waals surface area contributed by atoms with Crippen LogP contribution in [0.15, 0.2) is 48.0 Å². The van der Waals surface area contributed by atoms with Crippen LogP contribution in [0.1, 0.15) is 31.2 Å². The summed E-state index contributed by atoms with van der Waals surface area (Å²) in [4.78, 5) is 53.0. The lowest BCUT2D eigenvalue weighted by Crippen LogP contribution is -2.60. The van der Waals surface area contributed by atoms with E-state index in [0.717, 1.165) is 17.0 Å². The summed E-state index contributed by atoms with van der Waals surface area (Å²) in [6.07, 6.45) is 1.83. The van der Waals surface area contributed by atoms with Crippen molar-refractivity contribution in [2.24, 2.45) is 17.8 Å². The second-order valence-corrected chi connectivity index (χ2v) is 12.4. The van der Waals surface area contributed by atoms with Crippen LogP contribution in [0.5, 0.6) is 11.5 Å². The third kappa shape index (κ3) is 3.58. The van der Waals surface area contributed by atoms with Crippen molar-refractivity contribution >= 4 is 64.1 Å². The van der Waals surface area contributed by atoms with Crippen LogP contribution in [0.2, 0.25) is 5.02 Å². The fourth-order valence-corrected chi connectivity index (χ4v) is 8.22. The Morgan fingerprint density at radius 1 is 1.05 bits per heavy atom. The summed E-state index contributed by atoms with van der Waals surface area (Å²) in [5, 5.41) is 10.3. The molecule has 4 aliphatic rings. The number of benzene rings is 2. The van der Waals surface area contributed by atoms with E-state index in [1.807, 2.05) is 0 Å². The minimum Gasteiger partial charge on any atom is -0.503 e. The third-order valence-corrected chi connectivity index (χ3v) is 10.6. The Hall–Kier alpha value is -3.14. The number of phenolic OH excluding ortho intramolecular Hbond substituents is 1. The molecule has 3 fully saturated rings. The molecule has 0 radical (unpaired) electrons. The maximum atomic E-state index is 14.3. The summed E-state index contributed by atoms with van der Waals surface area (Å²) in [6.45, 7) is 1.91. The largest absolute Gasteiger partial charge is 0.503 e. The minimum absolute atomic E-state index is 0.000732. The fraction of sp³-hybridized carbons (Fsp3) is 0.379. The number of halogens is 4. The van der Waals surface area contributed by atoms with Gasteiger partial charge in [-0.1, -0.05) is 23.3 Å². The Kier molecular flexibility index (Phi) is 6.45. The maximum absolute atomic E-state index is 14.3. The summed E-state index contributed by atoms with van der Waals surface area (Å²) in [5.74, 6) is -6.47. The van der Waals surface area contributed by atoms with Crippen LogP contribution < -0.4 is 9.64 Å². The number of fused-ring (bicyclic) bond motifs is 4. The predicted molar refractivity (Wildman–Crippen MR) is 149 cm³/mol. The number of aromatic hydroxyl groups is 1. The van der Waals surface area contributed by atoms with Gasteiger partial charge >= 0.3 is 0 Å². The van der Waals surface area contributed by atoms with Crippen molar-refractivity contribution in [3.63, 3.8) is 0 Å². The molecule has 1 saturated carbocycles. The number of methoxy groups -OCH3 is 1. The van der Waals surface area contributed by atoms with Gasteiger partial charge in [0.2, 0.25) is 11.8 Å². The van der Waals surface area contributed by atoms with E-state index in [4.69, 9.17) is 39.5 Å². The third-order valence-electron chi connectivity index (χ3n) is 8.91. The number of rotatable bonds is 4. The van der Waals surface area contributed by atoms with Gasteiger partial charge in [-0.25, -0.2) is 9.29 Å². The zero-order valence-electron chi connectivity index (χ0n) is 21.9. The second kappa shape index (κ2) is 9.44. The number of imide groups is 2. The number of carbonyl (C=O) groups excluding carboxylic acids is 4. The molecular formula is C29H24Cl3FN2O6. The molecule has 41 heavy (non-hydrogen) atoms. The topological polar surface area (TPSA) is 104 Å². The smallest absolute Gasteiger partial charge is 0.258 e. The summed E-state index contributed by atoms with van der Waals surface area (Å²) in [5.41, 5.74) is 0.975. The molecular weight excluding hydrogens is 598 g/mol. The average molecular weight is 622 g/mol. The fourth-order valence-electron chi connectivity index (χ4n) is 7.07. The molecule has 12 heteroatoms. The van der Waals surface area contributed by atoms with Crippen LogP contribution in [0.4, 0.5) is 10.1 Å². The van der Waals surface area contributed by atoms with Crippen molar-refractivity contribution in [1.82, 2.24) is 4.90 Å². The van der Waals surface area contributed by atoms with Gasteiger partial charge in [0.15, 0.2) is 21.2 Å². The highest BCUT2D eigenvalue weighted by Gasteiger charge is 2.76. The number of likely N-dealkylation sites (tertiary alicyclic amines) is 1. The van der Waals surface area contributed by atoms with Gasteiger partial charge in [-0.3, -0.25) is 24.1 Å². The Labute approximate surface area is 249 Å². The molecule has 8 nitrogen and oxygen atoms in total. The number of anilines is 1. The highest BCUT2D eigenvalue weighted by molar-refractivity contribution is 6.58. The highest BCUT2D eigenvalue weighted by Crippen LogP contribution is 2.66. The summed E-state index contributed by atoms with van der Waals surface area (Å²) < 4.78 is 19.0. The van der Waals surface area contributed by atoms with Crippen molar-refractivity contribution in [1.29, 1.82) is 0 Å². The Morgan fingerprint density at radius 2 is 1.73 bits per heavy atom. The molecule has 0 aromatic heterocycles. The van der Waals surface area contributed by atoms with Crippen molar-refractivity contribution in [3.05, 3.63) is 64.5 Å². The minimum atomic E-state index is -2.11. The molecule has 6 rings (SSSR count). The first-order chi connectivity index (χ1) is 19.4. The van der Waals surface area contributed by atoms with E-state index in [1.165, 1.54) is 36.3 Å². The molecule has 2 heterocycles. The molecule has 6 unspecified atom stereocenters. The number of hydrogen-bond donors (Lipinski definition) is 1. The van der Waals surface area contributed by atoms with Crippen LogP contribution in [-0.2, 0) is 19.2 Å². The lowest BCUT2D eigenvalue weighted by Gasteiger charge is -2.50. The average Bonchev–Trinajstić information content (AvgIpc) is 3.28. The standard InChI is InChI=1S/C29H24Cl3FN2O6/c1-3-34-24(37)17-9-8-16-18(21(17)25(34)38)12-28(31)26(39)35(15-6-4-14(33)5-7-15)27(40)29(28,32)22(16)13-10-19(30)23(36)20(11-13)41-2/h4-8,10-11,17-18,21-22,36H,3,9,12H2,1-2H3. The van der Waals surface area contributed by atoms with Gasteiger partial charge in [0.05, 0.1) is 29.7 Å². The second-order valence-electron chi connectivity index (χ2n) is 10.7. The lowest BCUT2D eigenvalue weighted by molar-refractivity contribution is -0.140. The normalized spacial score (nSPS) is 32.6. The van der Waals surface area contributed by atoms with E-state index in [0.29, 0.717) is 11.1 Å². The lowest BCUT2D eigenvalue weighted by atomic mass is 9.56. The van der Waals surface area contributed by atoms with Gasteiger partial charge in [-0.15, -0.1) is 23.2 Å². The number of hydrogen-bond acceptors (Lipinski definition) is 6. The summed E-state index contributed by atoms with van der Waals surface area (Å²) in [7, 11) is 1.33. The monoisotopic (exact) mass is 620 g/mol. The first-order valence-electron chi connectivity index (χ1n) is 13.0. The number of nitrogens with zero attached hydrogens (tertiary/aromatic N) is 2. The van der Waals surface area contributed by atoms with Gasteiger partial charge < -0.3 is 9.84 Å². The molecule has 0 spiro atoms. The number of carbonyl (C=O) groups is 4. The number of amides is 4. The predicted octanol–water partition coefficient (Wildman–Crippen LogP) is 4.78. The van der Waals surface area contributed by atoms with Crippen molar-refractivity contribution < 1.29 is 33.4 Å². The van der Waals surface area contributed by atoms with Gasteiger partial charge in [0.1, 0.15) is 5.82 Å². The zero-order chi connectivity index (χ0) is 29.6. The van der Waals surface area contributed by atoms with E-state index >= 15 is 0 Å². The molecule has 6 atom stereocenters. The van der Waals surface area contributed by atoms with Crippen LogP contribution in [-0.4, -0.2) is 57.0 Å². The summed E-state index contributed by atoms with van der Waals surface area (Å²) in [6, 6.07) is 7.64. The van der Waals surface area contributed by atoms with E-state index in [1.54, 1.807) is 13.0 Å². The molecule has 2 aliphatic carbocycles. The maximum Gasteiger partial charge on any atom is 0.258 e. The molecule has 2 saturated heterocycles. The molecule has 214 valence electrons. The van der Waals surface area contributed by atoms with Crippen molar-refractivity contribution in [2.45, 2.75) is 35.4 Å². The Morgan fingerprint density at radius 3 is 2.37 bits per heavy atom. The van der Waals surface area contributed by atoms with Crippen molar-refractivity contribution in [3.8, 4) is 11.5 Å². The first kappa shape index (κ1) is 28.0. The van der Waals surface area contributed by atoms with Gasteiger partial charge in [0.25, 0.3) is 11.8 Å². The van der Waals surface area contributed by atoms with E-state index in [2.05, 4.69) is 0 Å². The van der Waals surface area contributed by atoms with Crippen LogP contribution in [0.3, 0.4) is 0 Å². The van der Waals surface area contributed by atoms with Crippen LogP contribution in [0.25, 0.3) is 0 Å². The molecule has 2 aromatic carbocycles. The molecule has 2 aliphatic heterocycles. The number of phenols is 1. The van der Waals surface area contributed by atoms with Gasteiger partial charge in [-0.05, 0) is 67.6 Å². The van der Waals surface area contributed by atoms with E-state index < -0.39 is 51.1 Å².